The van der Waals surface area contributed by atoms with Crippen molar-refractivity contribution in [3.05, 3.63) is 73.6 Å². The number of fused-ring (bicyclic) bond motifs is 2. The molecule has 37 heavy (non-hydrogen) atoms. The van der Waals surface area contributed by atoms with Gasteiger partial charge in [-0.15, -0.1) is 0 Å². The molecule has 1 aliphatic rings. The van der Waals surface area contributed by atoms with E-state index in [1.807, 2.05) is 49.1 Å². The molecule has 1 saturated carbocycles. The van der Waals surface area contributed by atoms with Crippen molar-refractivity contribution in [1.82, 2.24) is 35.1 Å². The summed E-state index contributed by atoms with van der Waals surface area (Å²) in [7, 11) is 0. The van der Waals surface area contributed by atoms with Crippen LogP contribution in [0.1, 0.15) is 32.1 Å². The molecule has 2 N–H and O–H groups in total. The van der Waals surface area contributed by atoms with Crippen molar-refractivity contribution in [3.63, 3.8) is 0 Å². The van der Waals surface area contributed by atoms with Gasteiger partial charge in [-0.25, -0.2) is 0 Å². The van der Waals surface area contributed by atoms with Gasteiger partial charge in [0, 0.05) is 40.5 Å². The van der Waals surface area contributed by atoms with Gasteiger partial charge in [-0.05, 0) is 56.0 Å². The predicted molar refractivity (Wildman–Crippen MR) is 143 cm³/mol. The van der Waals surface area contributed by atoms with Gasteiger partial charge in [-0.1, -0.05) is 12.5 Å². The van der Waals surface area contributed by atoms with Gasteiger partial charge in [0.2, 0.25) is 0 Å². The maximum absolute atomic E-state index is 6.24. The van der Waals surface area contributed by atoms with Crippen LogP contribution in [-0.4, -0.2) is 41.2 Å². The summed E-state index contributed by atoms with van der Waals surface area (Å²) in [6.45, 7) is 0. The second kappa shape index (κ2) is 9.13. The van der Waals surface area contributed by atoms with E-state index in [-0.39, 0.29) is 6.10 Å². The standard InChI is InChI=1S/C29H25N7O/c1-2-6-19(7-3-1)37-20-10-18(13-30-14-20)25-12-22-28(17-33-25)35-36-29(22)26-11-21-23(15-31-16-27(21)34-26)24-8-4-5-9-32-24/h4-5,8-17,19,34H,1-3,6-7H2,(H,35,36). The summed E-state index contributed by atoms with van der Waals surface area (Å²) in [5.41, 5.74) is 7.12. The van der Waals surface area contributed by atoms with E-state index in [2.05, 4.69) is 47.2 Å². The molecular weight excluding hydrogens is 462 g/mol. The van der Waals surface area contributed by atoms with E-state index >= 15 is 0 Å². The molecule has 182 valence electrons. The highest BCUT2D eigenvalue weighted by Gasteiger charge is 2.17. The van der Waals surface area contributed by atoms with E-state index in [0.717, 1.165) is 74.3 Å². The van der Waals surface area contributed by atoms with Gasteiger partial charge >= 0.3 is 0 Å². The van der Waals surface area contributed by atoms with E-state index in [4.69, 9.17) is 4.74 Å². The first-order valence-corrected chi connectivity index (χ1v) is 12.7. The number of hydrogen-bond acceptors (Lipinski definition) is 6. The molecule has 0 spiro atoms. The summed E-state index contributed by atoms with van der Waals surface area (Å²) in [6, 6.07) is 12.1. The van der Waals surface area contributed by atoms with Crippen molar-refractivity contribution in [2.24, 2.45) is 0 Å². The van der Waals surface area contributed by atoms with Crippen molar-refractivity contribution < 1.29 is 4.74 Å². The first kappa shape index (κ1) is 21.7. The van der Waals surface area contributed by atoms with E-state index in [0.29, 0.717) is 0 Å². The number of H-pyrrole nitrogens is 2. The van der Waals surface area contributed by atoms with Crippen LogP contribution in [0.3, 0.4) is 0 Å². The molecule has 0 amide bonds. The molecule has 1 fully saturated rings. The van der Waals surface area contributed by atoms with E-state index < -0.39 is 0 Å². The zero-order valence-electron chi connectivity index (χ0n) is 20.2. The second-order valence-electron chi connectivity index (χ2n) is 9.52. The average molecular weight is 488 g/mol. The highest BCUT2D eigenvalue weighted by Crippen LogP contribution is 2.34. The quantitative estimate of drug-likeness (QED) is 0.294. The van der Waals surface area contributed by atoms with Gasteiger partial charge in [0.05, 0.1) is 52.8 Å². The maximum atomic E-state index is 6.24. The van der Waals surface area contributed by atoms with Gasteiger partial charge in [0.1, 0.15) is 11.4 Å². The molecule has 8 heteroatoms. The number of rotatable bonds is 5. The first-order valence-electron chi connectivity index (χ1n) is 12.7. The normalized spacial score (nSPS) is 14.4. The predicted octanol–water partition coefficient (Wildman–Crippen LogP) is 6.34. The maximum Gasteiger partial charge on any atom is 0.138 e. The summed E-state index contributed by atoms with van der Waals surface area (Å²) in [5.74, 6) is 0.795. The third-order valence-corrected chi connectivity index (χ3v) is 7.05. The Balaban J connectivity index is 1.26. The first-order chi connectivity index (χ1) is 18.3. The largest absolute Gasteiger partial charge is 0.489 e. The average Bonchev–Trinajstić information content (AvgIpc) is 3.58. The van der Waals surface area contributed by atoms with Crippen molar-refractivity contribution in [1.29, 1.82) is 0 Å². The van der Waals surface area contributed by atoms with Crippen molar-refractivity contribution in [2.45, 2.75) is 38.2 Å². The SMILES string of the molecule is c1ccc(-c2cncc3[nH]c(-c4n[nH]c5cnc(-c6cncc(OC7CCCCC7)c6)cc45)cc23)nc1. The number of nitrogens with one attached hydrogen (secondary N) is 2. The minimum atomic E-state index is 0.272. The van der Waals surface area contributed by atoms with Crippen LogP contribution in [0.5, 0.6) is 5.75 Å². The lowest BCUT2D eigenvalue weighted by Crippen LogP contribution is -2.19. The molecule has 0 aliphatic heterocycles. The molecule has 1 aliphatic carbocycles. The Morgan fingerprint density at radius 2 is 1.70 bits per heavy atom. The van der Waals surface area contributed by atoms with E-state index in [1.54, 1.807) is 12.4 Å². The Bertz CT molecular complexity index is 1700. The van der Waals surface area contributed by atoms with Crippen LogP contribution in [0.25, 0.3) is 55.7 Å². The molecule has 6 aromatic heterocycles. The third-order valence-electron chi connectivity index (χ3n) is 7.05. The third kappa shape index (κ3) is 4.10. The smallest absolute Gasteiger partial charge is 0.138 e. The molecule has 8 nitrogen and oxygen atoms in total. The molecule has 0 atom stereocenters. The van der Waals surface area contributed by atoms with Gasteiger partial charge in [0.25, 0.3) is 0 Å². The molecule has 0 bridgehead atoms. The van der Waals surface area contributed by atoms with Gasteiger partial charge < -0.3 is 9.72 Å². The van der Waals surface area contributed by atoms with Crippen LogP contribution >= 0.6 is 0 Å². The molecule has 0 unspecified atom stereocenters. The summed E-state index contributed by atoms with van der Waals surface area (Å²) in [6.07, 6.45) is 17.1. The minimum Gasteiger partial charge on any atom is -0.489 e. The lowest BCUT2D eigenvalue weighted by molar-refractivity contribution is 0.154. The Labute approximate surface area is 213 Å². The monoisotopic (exact) mass is 487 g/mol. The number of aromatic nitrogens is 7. The Kier molecular flexibility index (Phi) is 5.35. The Morgan fingerprint density at radius 3 is 2.59 bits per heavy atom. The molecule has 6 heterocycles. The van der Waals surface area contributed by atoms with Crippen LogP contribution in [0.15, 0.2) is 73.6 Å². The number of aromatic amines is 2. The van der Waals surface area contributed by atoms with Crippen LogP contribution in [0, 0.1) is 0 Å². The highest BCUT2D eigenvalue weighted by molar-refractivity contribution is 6.00. The second-order valence-corrected chi connectivity index (χ2v) is 9.52. The fourth-order valence-corrected chi connectivity index (χ4v) is 5.18. The van der Waals surface area contributed by atoms with Gasteiger partial charge in [-0.2, -0.15) is 5.10 Å². The number of pyridine rings is 4. The summed E-state index contributed by atoms with van der Waals surface area (Å²) in [5, 5.41) is 9.76. The summed E-state index contributed by atoms with van der Waals surface area (Å²) in [4.78, 5) is 21.5. The number of hydrogen-bond donors (Lipinski definition) is 2. The zero-order chi connectivity index (χ0) is 24.6. The Hall–Kier alpha value is -4.59. The fourth-order valence-electron chi connectivity index (χ4n) is 5.18. The fraction of sp³-hybridized carbons (Fsp3) is 0.207. The van der Waals surface area contributed by atoms with Crippen molar-refractivity contribution >= 4 is 21.8 Å². The number of nitrogens with zero attached hydrogens (tertiary/aromatic N) is 5. The minimum absolute atomic E-state index is 0.272. The van der Waals surface area contributed by atoms with E-state index in [1.165, 1.54) is 19.3 Å². The van der Waals surface area contributed by atoms with Crippen LogP contribution in [-0.2, 0) is 0 Å². The van der Waals surface area contributed by atoms with Gasteiger partial charge in [0.15, 0.2) is 0 Å². The zero-order valence-corrected chi connectivity index (χ0v) is 20.2. The molecule has 6 aromatic rings. The molecule has 0 radical (unpaired) electrons. The topological polar surface area (TPSA) is 105 Å². The van der Waals surface area contributed by atoms with Gasteiger partial charge in [-0.3, -0.25) is 25.0 Å². The highest BCUT2D eigenvalue weighted by atomic mass is 16.5. The summed E-state index contributed by atoms with van der Waals surface area (Å²) < 4.78 is 6.24. The van der Waals surface area contributed by atoms with E-state index in [9.17, 15) is 0 Å². The molecule has 0 aromatic carbocycles. The number of ether oxygens (including phenoxy) is 1. The lowest BCUT2D eigenvalue weighted by Gasteiger charge is -2.22. The lowest BCUT2D eigenvalue weighted by atomic mass is 9.98. The molecular formula is C29H25N7O. The van der Waals surface area contributed by atoms with Crippen LogP contribution in [0.4, 0.5) is 0 Å². The van der Waals surface area contributed by atoms with Crippen LogP contribution in [0.2, 0.25) is 0 Å². The van der Waals surface area contributed by atoms with Crippen molar-refractivity contribution in [2.75, 3.05) is 0 Å². The molecule has 7 rings (SSSR count). The Morgan fingerprint density at radius 1 is 0.784 bits per heavy atom. The van der Waals surface area contributed by atoms with Crippen molar-refractivity contribution in [3.8, 4) is 39.7 Å². The summed E-state index contributed by atoms with van der Waals surface area (Å²) >= 11 is 0. The van der Waals surface area contributed by atoms with Crippen LogP contribution < -0.4 is 4.74 Å². The molecule has 0 saturated heterocycles.